The first-order chi connectivity index (χ1) is 8.89. The van der Waals surface area contributed by atoms with Gasteiger partial charge in [0.15, 0.2) is 0 Å². The lowest BCUT2D eigenvalue weighted by Crippen LogP contribution is -2.29. The van der Waals surface area contributed by atoms with Crippen molar-refractivity contribution in [1.82, 2.24) is 10.6 Å². The number of benzene rings is 1. The van der Waals surface area contributed by atoms with Gasteiger partial charge in [0.2, 0.25) is 0 Å². The summed E-state index contributed by atoms with van der Waals surface area (Å²) in [6.07, 6.45) is -4.27. The van der Waals surface area contributed by atoms with Crippen LogP contribution in [0, 0.1) is 5.92 Å². The SMILES string of the molecule is CC(C)CNCCNCc1cccc(C(F)(F)F)c1. The topological polar surface area (TPSA) is 24.1 Å². The van der Waals surface area contributed by atoms with Crippen molar-refractivity contribution < 1.29 is 13.2 Å². The summed E-state index contributed by atoms with van der Waals surface area (Å²) in [5.41, 5.74) is 0.0587. The zero-order valence-electron chi connectivity index (χ0n) is 11.3. The molecule has 0 heterocycles. The molecular formula is C14H21F3N2. The Bertz CT molecular complexity index is 375. The first-order valence-electron chi connectivity index (χ1n) is 6.47. The van der Waals surface area contributed by atoms with Gasteiger partial charge in [-0.05, 0) is 24.1 Å². The highest BCUT2D eigenvalue weighted by Crippen LogP contribution is 2.29. The summed E-state index contributed by atoms with van der Waals surface area (Å²) >= 11 is 0. The molecule has 1 aromatic rings. The number of hydrogen-bond acceptors (Lipinski definition) is 2. The summed E-state index contributed by atoms with van der Waals surface area (Å²) in [6, 6.07) is 5.42. The van der Waals surface area contributed by atoms with Crippen LogP contribution in [0.5, 0.6) is 0 Å². The molecule has 0 fully saturated rings. The van der Waals surface area contributed by atoms with Gasteiger partial charge in [0.05, 0.1) is 5.56 Å². The van der Waals surface area contributed by atoms with Crippen molar-refractivity contribution in [2.24, 2.45) is 5.92 Å². The Morgan fingerprint density at radius 3 is 2.42 bits per heavy atom. The van der Waals surface area contributed by atoms with E-state index in [0.29, 0.717) is 18.0 Å². The summed E-state index contributed by atoms with van der Waals surface area (Å²) in [5.74, 6) is 0.600. The molecule has 0 spiro atoms. The third-order valence-electron chi connectivity index (χ3n) is 2.61. The first kappa shape index (κ1) is 16.0. The largest absolute Gasteiger partial charge is 0.416 e. The molecule has 0 bridgehead atoms. The Hall–Kier alpha value is -1.07. The second-order valence-corrected chi connectivity index (χ2v) is 4.97. The summed E-state index contributed by atoms with van der Waals surface area (Å²) in [5, 5.41) is 6.39. The second-order valence-electron chi connectivity index (χ2n) is 4.97. The zero-order chi connectivity index (χ0) is 14.3. The van der Waals surface area contributed by atoms with Crippen molar-refractivity contribution >= 4 is 0 Å². The fraction of sp³-hybridized carbons (Fsp3) is 0.571. The minimum Gasteiger partial charge on any atom is -0.315 e. The zero-order valence-corrected chi connectivity index (χ0v) is 11.3. The molecular weight excluding hydrogens is 253 g/mol. The molecule has 0 amide bonds. The van der Waals surface area contributed by atoms with Gasteiger partial charge in [-0.1, -0.05) is 32.0 Å². The van der Waals surface area contributed by atoms with Crippen LogP contribution in [-0.4, -0.2) is 19.6 Å². The number of rotatable bonds is 7. The minimum absolute atomic E-state index is 0.452. The van der Waals surface area contributed by atoms with Crippen LogP contribution in [0.4, 0.5) is 13.2 Å². The van der Waals surface area contributed by atoms with Gasteiger partial charge in [0.25, 0.3) is 0 Å². The smallest absolute Gasteiger partial charge is 0.315 e. The third kappa shape index (κ3) is 6.59. The fourth-order valence-electron chi connectivity index (χ4n) is 1.66. The summed E-state index contributed by atoms with van der Waals surface area (Å²) in [6.45, 7) is 7.21. The van der Waals surface area contributed by atoms with Gasteiger partial charge in [0.1, 0.15) is 0 Å². The molecule has 1 rings (SSSR count). The molecule has 0 radical (unpaired) electrons. The average Bonchev–Trinajstić information content (AvgIpc) is 2.32. The van der Waals surface area contributed by atoms with Gasteiger partial charge >= 0.3 is 6.18 Å². The Morgan fingerprint density at radius 1 is 1.11 bits per heavy atom. The van der Waals surface area contributed by atoms with Gasteiger partial charge in [-0.25, -0.2) is 0 Å². The number of nitrogens with one attached hydrogen (secondary N) is 2. The van der Waals surface area contributed by atoms with E-state index in [1.165, 1.54) is 12.1 Å². The van der Waals surface area contributed by atoms with Crippen LogP contribution in [-0.2, 0) is 12.7 Å². The minimum atomic E-state index is -4.27. The lowest BCUT2D eigenvalue weighted by Gasteiger charge is -2.10. The highest BCUT2D eigenvalue weighted by Gasteiger charge is 2.30. The average molecular weight is 274 g/mol. The molecule has 0 unspecified atom stereocenters. The first-order valence-corrected chi connectivity index (χ1v) is 6.47. The van der Waals surface area contributed by atoms with Crippen molar-refractivity contribution in [3.8, 4) is 0 Å². The Morgan fingerprint density at radius 2 is 1.79 bits per heavy atom. The molecule has 0 aromatic heterocycles. The maximum Gasteiger partial charge on any atom is 0.416 e. The van der Waals surface area contributed by atoms with Gasteiger partial charge < -0.3 is 10.6 Å². The molecule has 0 aliphatic carbocycles. The van der Waals surface area contributed by atoms with Crippen LogP contribution in [0.3, 0.4) is 0 Å². The van der Waals surface area contributed by atoms with Gasteiger partial charge in [0, 0.05) is 19.6 Å². The van der Waals surface area contributed by atoms with Crippen molar-refractivity contribution in [2.45, 2.75) is 26.6 Å². The van der Waals surface area contributed by atoms with E-state index in [1.54, 1.807) is 6.07 Å². The molecule has 1 aromatic carbocycles. The van der Waals surface area contributed by atoms with E-state index < -0.39 is 11.7 Å². The molecule has 0 aliphatic rings. The van der Waals surface area contributed by atoms with E-state index in [4.69, 9.17) is 0 Å². The van der Waals surface area contributed by atoms with Crippen molar-refractivity contribution in [2.75, 3.05) is 19.6 Å². The maximum atomic E-state index is 12.5. The molecule has 0 aliphatic heterocycles. The quantitative estimate of drug-likeness (QED) is 0.747. The monoisotopic (exact) mass is 274 g/mol. The van der Waals surface area contributed by atoms with E-state index >= 15 is 0 Å². The van der Waals surface area contributed by atoms with E-state index in [1.807, 2.05) is 0 Å². The van der Waals surface area contributed by atoms with Crippen LogP contribution in [0.15, 0.2) is 24.3 Å². The number of halogens is 3. The van der Waals surface area contributed by atoms with Crippen molar-refractivity contribution in [3.63, 3.8) is 0 Å². The molecule has 0 saturated carbocycles. The molecule has 2 nitrogen and oxygen atoms in total. The Balaban J connectivity index is 2.30. The highest BCUT2D eigenvalue weighted by atomic mass is 19.4. The van der Waals surface area contributed by atoms with Gasteiger partial charge in [-0.15, -0.1) is 0 Å². The summed E-state index contributed by atoms with van der Waals surface area (Å²) in [7, 11) is 0. The van der Waals surface area contributed by atoms with E-state index in [9.17, 15) is 13.2 Å². The van der Waals surface area contributed by atoms with E-state index in [-0.39, 0.29) is 0 Å². The Kier molecular flexibility index (Phi) is 6.31. The number of alkyl halides is 3. The van der Waals surface area contributed by atoms with E-state index in [0.717, 1.165) is 25.7 Å². The third-order valence-corrected chi connectivity index (χ3v) is 2.61. The lowest BCUT2D eigenvalue weighted by molar-refractivity contribution is -0.137. The molecule has 2 N–H and O–H groups in total. The van der Waals surface area contributed by atoms with Crippen LogP contribution < -0.4 is 10.6 Å². The summed E-state index contributed by atoms with van der Waals surface area (Å²) < 4.78 is 37.5. The van der Waals surface area contributed by atoms with Crippen molar-refractivity contribution in [1.29, 1.82) is 0 Å². The predicted molar refractivity (Wildman–Crippen MR) is 70.9 cm³/mol. The molecule has 0 atom stereocenters. The normalized spacial score (nSPS) is 12.1. The van der Waals surface area contributed by atoms with Crippen LogP contribution in [0.25, 0.3) is 0 Å². The molecule has 19 heavy (non-hydrogen) atoms. The Labute approximate surface area is 112 Å². The van der Waals surface area contributed by atoms with Gasteiger partial charge in [-0.3, -0.25) is 0 Å². The second kappa shape index (κ2) is 7.50. The van der Waals surface area contributed by atoms with Gasteiger partial charge in [-0.2, -0.15) is 13.2 Å². The summed E-state index contributed by atoms with van der Waals surface area (Å²) in [4.78, 5) is 0. The highest BCUT2D eigenvalue weighted by molar-refractivity contribution is 5.25. The lowest BCUT2D eigenvalue weighted by atomic mass is 10.1. The van der Waals surface area contributed by atoms with Crippen LogP contribution in [0.1, 0.15) is 25.0 Å². The standard InChI is InChI=1S/C14H21F3N2/c1-11(2)9-18-6-7-19-10-12-4-3-5-13(8-12)14(15,16)17/h3-5,8,11,18-19H,6-7,9-10H2,1-2H3. The fourth-order valence-corrected chi connectivity index (χ4v) is 1.66. The predicted octanol–water partition coefficient (Wildman–Crippen LogP) is 3.04. The molecule has 0 saturated heterocycles. The van der Waals surface area contributed by atoms with Crippen molar-refractivity contribution in [3.05, 3.63) is 35.4 Å². The van der Waals surface area contributed by atoms with Crippen LogP contribution in [0.2, 0.25) is 0 Å². The van der Waals surface area contributed by atoms with E-state index in [2.05, 4.69) is 24.5 Å². The van der Waals surface area contributed by atoms with Crippen LogP contribution >= 0.6 is 0 Å². The molecule has 5 heteroatoms. The molecule has 108 valence electrons. The number of hydrogen-bond donors (Lipinski definition) is 2. The maximum absolute atomic E-state index is 12.5.